The summed E-state index contributed by atoms with van der Waals surface area (Å²) in [6, 6.07) is 15.3. The van der Waals surface area contributed by atoms with Crippen molar-refractivity contribution in [3.8, 4) is 0 Å². The van der Waals surface area contributed by atoms with Gasteiger partial charge >= 0.3 is 0 Å². The van der Waals surface area contributed by atoms with Gasteiger partial charge in [0.05, 0.1) is 5.92 Å². The zero-order chi connectivity index (χ0) is 19.5. The Kier molecular flexibility index (Phi) is 4.00. The first-order valence-corrected chi connectivity index (χ1v) is 10.1. The lowest BCUT2D eigenvalue weighted by Gasteiger charge is -2.37. The van der Waals surface area contributed by atoms with Gasteiger partial charge in [-0.15, -0.1) is 0 Å². The predicted octanol–water partition coefficient (Wildman–Crippen LogP) is 3.63. The molecular weight excluding hydrogens is 374 g/mol. The number of hydrogen-bond donors (Lipinski definition) is 1. The van der Waals surface area contributed by atoms with Crippen molar-refractivity contribution in [3.63, 3.8) is 0 Å². The smallest absolute Gasteiger partial charge is 0.252 e. The van der Waals surface area contributed by atoms with Crippen LogP contribution in [0, 0.1) is 5.92 Å². The van der Waals surface area contributed by atoms with Crippen LogP contribution in [0.5, 0.6) is 0 Å². The lowest BCUT2D eigenvalue weighted by Crippen LogP contribution is -2.55. The Bertz CT molecular complexity index is 961. The van der Waals surface area contributed by atoms with Gasteiger partial charge in [0, 0.05) is 35.1 Å². The van der Waals surface area contributed by atoms with Crippen LogP contribution >= 0.6 is 11.6 Å². The van der Waals surface area contributed by atoms with E-state index in [-0.39, 0.29) is 17.9 Å². The molecule has 0 bridgehead atoms. The second-order valence-corrected chi connectivity index (χ2v) is 8.36. The van der Waals surface area contributed by atoms with Crippen LogP contribution < -0.4 is 10.2 Å². The number of hydrogen-bond acceptors (Lipinski definition) is 3. The molecule has 28 heavy (non-hydrogen) atoms. The second-order valence-electron chi connectivity index (χ2n) is 7.92. The highest BCUT2D eigenvalue weighted by Crippen LogP contribution is 2.56. The van der Waals surface area contributed by atoms with E-state index in [0.29, 0.717) is 17.1 Å². The molecule has 3 atom stereocenters. The quantitative estimate of drug-likeness (QED) is 0.844. The van der Waals surface area contributed by atoms with Crippen molar-refractivity contribution in [2.24, 2.45) is 5.92 Å². The van der Waals surface area contributed by atoms with Crippen LogP contribution in [0.4, 0.5) is 11.4 Å². The molecule has 3 aliphatic rings. The first kappa shape index (κ1) is 17.7. The number of nitrogens with one attached hydrogen (secondary N) is 1. The molecule has 144 valence electrons. The van der Waals surface area contributed by atoms with E-state index < -0.39 is 11.5 Å². The Labute approximate surface area is 169 Å². The maximum Gasteiger partial charge on any atom is 0.252 e. The molecule has 2 amide bonds. The second kappa shape index (κ2) is 6.33. The van der Waals surface area contributed by atoms with Gasteiger partial charge in [0.2, 0.25) is 5.91 Å². The Morgan fingerprint density at radius 1 is 1.18 bits per heavy atom. The minimum absolute atomic E-state index is 0.00866. The van der Waals surface area contributed by atoms with E-state index >= 15 is 0 Å². The average molecular weight is 396 g/mol. The minimum atomic E-state index is -0.900. The Morgan fingerprint density at radius 3 is 2.71 bits per heavy atom. The van der Waals surface area contributed by atoms with Gasteiger partial charge in [0.1, 0.15) is 5.54 Å². The van der Waals surface area contributed by atoms with Crippen molar-refractivity contribution >= 4 is 34.8 Å². The number of benzene rings is 2. The highest BCUT2D eigenvalue weighted by atomic mass is 35.5. The minimum Gasteiger partial charge on any atom is -0.326 e. The molecule has 0 saturated carbocycles. The fourth-order valence-electron chi connectivity index (χ4n) is 5.43. The van der Waals surface area contributed by atoms with E-state index in [4.69, 9.17) is 11.6 Å². The molecule has 0 aromatic heterocycles. The number of anilines is 2. The molecule has 3 heterocycles. The van der Waals surface area contributed by atoms with Crippen LogP contribution in [0.15, 0.2) is 48.5 Å². The number of carbonyl (C=O) groups is 2. The van der Waals surface area contributed by atoms with Crippen molar-refractivity contribution < 1.29 is 9.59 Å². The van der Waals surface area contributed by atoms with Gasteiger partial charge in [-0.25, -0.2) is 0 Å². The lowest BCUT2D eigenvalue weighted by molar-refractivity contribution is -0.136. The normalized spacial score (nSPS) is 28.6. The number of likely N-dealkylation sites (N-methyl/N-ethyl adjacent to an activating group) is 1. The Hall–Kier alpha value is -2.37. The van der Waals surface area contributed by atoms with Gasteiger partial charge in [0.25, 0.3) is 5.91 Å². The van der Waals surface area contributed by atoms with Crippen LogP contribution in [0.2, 0.25) is 5.02 Å². The number of rotatable bonds is 2. The number of halogens is 1. The molecule has 2 aromatic carbocycles. The first-order valence-electron chi connectivity index (χ1n) is 9.74. The molecule has 2 saturated heterocycles. The number of fused-ring (bicyclic) bond motifs is 4. The summed E-state index contributed by atoms with van der Waals surface area (Å²) in [5.74, 6) is -0.517. The summed E-state index contributed by atoms with van der Waals surface area (Å²) < 4.78 is 0. The largest absolute Gasteiger partial charge is 0.326 e. The summed E-state index contributed by atoms with van der Waals surface area (Å²) in [5.41, 5.74) is 1.67. The molecule has 0 aliphatic carbocycles. The van der Waals surface area contributed by atoms with Gasteiger partial charge in [0.15, 0.2) is 0 Å². The highest BCUT2D eigenvalue weighted by molar-refractivity contribution is 6.30. The van der Waals surface area contributed by atoms with Gasteiger partial charge in [-0.05, 0) is 56.1 Å². The monoisotopic (exact) mass is 395 g/mol. The zero-order valence-corrected chi connectivity index (χ0v) is 16.4. The Balaban J connectivity index is 1.59. The summed E-state index contributed by atoms with van der Waals surface area (Å²) in [6.45, 7) is 0.851. The van der Waals surface area contributed by atoms with Crippen LogP contribution in [-0.4, -0.2) is 36.3 Å². The predicted molar refractivity (Wildman–Crippen MR) is 109 cm³/mol. The van der Waals surface area contributed by atoms with Crippen molar-refractivity contribution in [1.29, 1.82) is 0 Å². The molecule has 0 radical (unpaired) electrons. The summed E-state index contributed by atoms with van der Waals surface area (Å²) in [5, 5.41) is 3.65. The molecule has 3 aliphatic heterocycles. The third kappa shape index (κ3) is 2.29. The van der Waals surface area contributed by atoms with E-state index in [1.165, 1.54) is 0 Å². The topological polar surface area (TPSA) is 52.7 Å². The third-order valence-corrected chi connectivity index (χ3v) is 6.83. The van der Waals surface area contributed by atoms with Gasteiger partial charge in [-0.1, -0.05) is 29.8 Å². The van der Waals surface area contributed by atoms with Gasteiger partial charge in [-0.3, -0.25) is 14.5 Å². The molecule has 2 fully saturated rings. The summed E-state index contributed by atoms with van der Waals surface area (Å²) >= 11 is 5.96. The molecule has 2 aromatic rings. The fourth-order valence-corrected chi connectivity index (χ4v) is 5.56. The summed E-state index contributed by atoms with van der Waals surface area (Å²) in [6.07, 6.45) is 2.80. The molecule has 5 nitrogen and oxygen atoms in total. The standard InChI is InChI=1S/C22H22ClN3O2/c1-25-19-7-3-2-6-17(19)22(21(25)28)18(13-16-5-4-12-26(16)22)20(27)24-15-10-8-14(23)9-11-15/h2-3,6-11,16,18H,4-5,12-13H2,1H3,(H,24,27). The zero-order valence-electron chi connectivity index (χ0n) is 15.7. The number of para-hydroxylation sites is 1. The van der Waals surface area contributed by atoms with Crippen LogP contribution in [0.25, 0.3) is 0 Å². The van der Waals surface area contributed by atoms with E-state index in [9.17, 15) is 9.59 Å². The van der Waals surface area contributed by atoms with Crippen molar-refractivity contribution in [1.82, 2.24) is 4.90 Å². The van der Waals surface area contributed by atoms with E-state index in [2.05, 4.69) is 10.2 Å². The molecule has 1 spiro atoms. The highest BCUT2D eigenvalue weighted by Gasteiger charge is 2.66. The van der Waals surface area contributed by atoms with E-state index in [1.54, 1.807) is 29.2 Å². The first-order chi connectivity index (χ1) is 13.5. The summed E-state index contributed by atoms with van der Waals surface area (Å²) in [7, 11) is 1.81. The summed E-state index contributed by atoms with van der Waals surface area (Å²) in [4.78, 5) is 31.1. The molecule has 1 N–H and O–H groups in total. The van der Waals surface area contributed by atoms with E-state index in [0.717, 1.165) is 30.6 Å². The maximum absolute atomic E-state index is 13.6. The fraction of sp³-hybridized carbons (Fsp3) is 0.364. The third-order valence-electron chi connectivity index (χ3n) is 6.58. The lowest BCUT2D eigenvalue weighted by atomic mass is 9.78. The van der Waals surface area contributed by atoms with E-state index in [1.807, 2.05) is 31.3 Å². The number of amides is 2. The molecule has 6 heteroatoms. The maximum atomic E-state index is 13.6. The van der Waals surface area contributed by atoms with Crippen molar-refractivity contribution in [2.45, 2.75) is 30.8 Å². The number of nitrogens with zero attached hydrogens (tertiary/aromatic N) is 2. The van der Waals surface area contributed by atoms with Crippen LogP contribution in [-0.2, 0) is 15.1 Å². The van der Waals surface area contributed by atoms with Gasteiger partial charge in [-0.2, -0.15) is 0 Å². The van der Waals surface area contributed by atoms with Crippen molar-refractivity contribution in [3.05, 3.63) is 59.1 Å². The molecule has 5 rings (SSSR count). The molecular formula is C22H22ClN3O2. The Morgan fingerprint density at radius 2 is 1.93 bits per heavy atom. The van der Waals surface area contributed by atoms with Crippen LogP contribution in [0.3, 0.4) is 0 Å². The molecule has 3 unspecified atom stereocenters. The number of carbonyl (C=O) groups excluding carboxylic acids is 2. The van der Waals surface area contributed by atoms with Crippen LogP contribution in [0.1, 0.15) is 24.8 Å². The van der Waals surface area contributed by atoms with Crippen molar-refractivity contribution in [2.75, 3.05) is 23.8 Å². The average Bonchev–Trinajstić information content (AvgIpc) is 3.34. The van der Waals surface area contributed by atoms with Gasteiger partial charge < -0.3 is 10.2 Å². The SMILES string of the molecule is CN1C(=O)C2(c3ccccc31)C(C(=O)Nc1ccc(Cl)cc1)CC1CCCN12.